The maximum absolute atomic E-state index is 13.5. The molecule has 4 fully saturated rings. The van der Waals surface area contributed by atoms with Gasteiger partial charge in [0.25, 0.3) is 0 Å². The summed E-state index contributed by atoms with van der Waals surface area (Å²) in [6, 6.07) is 16.5. The van der Waals surface area contributed by atoms with Gasteiger partial charge in [-0.1, -0.05) is 0 Å². The Morgan fingerprint density at radius 2 is 1.70 bits per heavy atom. The number of H-pyrrole nitrogens is 1. The van der Waals surface area contributed by atoms with E-state index in [1.165, 1.54) is 12.4 Å². The first-order valence-electron chi connectivity index (χ1n) is 16.0. The number of hydrogen-bond donors (Lipinski definition) is 1. The highest BCUT2D eigenvalue weighted by atomic mass is 19.1. The Balaban J connectivity index is 0.836. The molecule has 0 radical (unpaired) electrons. The van der Waals surface area contributed by atoms with Crippen LogP contribution in [0.15, 0.2) is 79.5 Å². The average molecular weight is 627 g/mol. The first-order valence-corrected chi connectivity index (χ1v) is 16.0. The summed E-state index contributed by atoms with van der Waals surface area (Å²) in [5.74, 6) is 1.27. The molecule has 0 spiro atoms. The number of halogens is 1. The molecule has 4 saturated heterocycles. The second-order valence-electron chi connectivity index (χ2n) is 12.7. The van der Waals surface area contributed by atoms with E-state index in [2.05, 4.69) is 64.1 Å². The first-order chi connectivity index (χ1) is 23.1. The molecule has 1 amide bonds. The number of fused-ring (bicyclic) bond motifs is 4. The van der Waals surface area contributed by atoms with Crippen LogP contribution in [0.3, 0.4) is 0 Å². The lowest BCUT2D eigenvalue weighted by molar-refractivity contribution is -0.147. The summed E-state index contributed by atoms with van der Waals surface area (Å²) in [5, 5.41) is 9.67. The van der Waals surface area contributed by atoms with Gasteiger partial charge in [0.15, 0.2) is 11.6 Å². The number of rotatable bonds is 6. The Morgan fingerprint density at radius 1 is 0.915 bits per heavy atom. The lowest BCUT2D eigenvalue weighted by Crippen LogP contribution is -2.71. The number of carbonyl (C=O) groups is 1. The molecule has 1 N–H and O–H groups in total. The zero-order chi connectivity index (χ0) is 31.5. The topological polar surface area (TPSA) is 120 Å². The number of nitrogens with one attached hydrogen (secondary N) is 1. The largest absolute Gasteiger partial charge is 0.367 e. The number of aromatic nitrogens is 7. The van der Waals surface area contributed by atoms with Crippen molar-refractivity contribution in [3.8, 4) is 22.6 Å². The number of benzene rings is 2. The molecule has 4 aliphatic heterocycles. The van der Waals surface area contributed by atoms with Crippen molar-refractivity contribution in [2.75, 3.05) is 37.6 Å². The van der Waals surface area contributed by atoms with Crippen molar-refractivity contribution in [3.63, 3.8) is 0 Å². The van der Waals surface area contributed by atoms with Gasteiger partial charge < -0.3 is 9.80 Å². The number of nitrogens with zero attached hydrogens (tertiary/aromatic N) is 9. The summed E-state index contributed by atoms with van der Waals surface area (Å²) >= 11 is 0. The van der Waals surface area contributed by atoms with E-state index >= 15 is 0 Å². The van der Waals surface area contributed by atoms with E-state index in [-0.39, 0.29) is 23.9 Å². The fourth-order valence-electron chi connectivity index (χ4n) is 7.45. The Labute approximate surface area is 269 Å². The molecule has 10 rings (SSSR count). The molecule has 4 aliphatic rings. The zero-order valence-electron chi connectivity index (χ0n) is 25.5. The van der Waals surface area contributed by atoms with Crippen molar-refractivity contribution in [3.05, 3.63) is 91.2 Å². The van der Waals surface area contributed by atoms with Crippen molar-refractivity contribution in [1.82, 2.24) is 44.9 Å². The normalized spacial score (nSPS) is 21.0. The number of pyridine rings is 1. The molecule has 0 saturated carbocycles. The van der Waals surface area contributed by atoms with Crippen LogP contribution in [-0.2, 0) is 4.79 Å². The molecule has 47 heavy (non-hydrogen) atoms. The van der Waals surface area contributed by atoms with Gasteiger partial charge in [-0.25, -0.2) is 24.3 Å². The van der Waals surface area contributed by atoms with Crippen LogP contribution in [0, 0.1) is 5.82 Å². The minimum absolute atomic E-state index is 0.182. The number of likely N-dealkylation sites (tertiary alicyclic amines) is 1. The molecule has 2 aromatic carbocycles. The van der Waals surface area contributed by atoms with E-state index in [4.69, 9.17) is 9.97 Å². The first kappa shape index (κ1) is 27.9. The van der Waals surface area contributed by atoms with Crippen LogP contribution in [0.2, 0.25) is 0 Å². The van der Waals surface area contributed by atoms with Gasteiger partial charge in [-0.2, -0.15) is 5.10 Å². The smallest absolute Gasteiger partial charge is 0.237 e. The van der Waals surface area contributed by atoms with Gasteiger partial charge >= 0.3 is 0 Å². The van der Waals surface area contributed by atoms with Crippen LogP contribution in [0.5, 0.6) is 0 Å². The second kappa shape index (κ2) is 11.2. The van der Waals surface area contributed by atoms with Crippen molar-refractivity contribution in [1.29, 1.82) is 0 Å². The molecule has 8 heterocycles. The lowest BCUT2D eigenvalue weighted by atomic mass is 9.87. The predicted octanol–water partition coefficient (Wildman–Crippen LogP) is 4.44. The number of hydrogen-bond acceptors (Lipinski definition) is 9. The van der Waals surface area contributed by atoms with Crippen LogP contribution in [-0.4, -0.2) is 95.6 Å². The quantitative estimate of drug-likeness (QED) is 0.286. The zero-order valence-corrected chi connectivity index (χ0v) is 25.5. The van der Waals surface area contributed by atoms with E-state index in [0.717, 1.165) is 89.2 Å². The number of anilines is 1. The molecule has 12 heteroatoms. The highest BCUT2D eigenvalue weighted by Gasteiger charge is 2.47. The van der Waals surface area contributed by atoms with Crippen LogP contribution in [0.4, 0.5) is 10.1 Å². The molecular weight excluding hydrogens is 595 g/mol. The molecule has 0 aliphatic carbocycles. The third kappa shape index (κ3) is 5.05. The van der Waals surface area contributed by atoms with E-state index < -0.39 is 5.82 Å². The summed E-state index contributed by atoms with van der Waals surface area (Å²) in [5.41, 5.74) is 5.67. The van der Waals surface area contributed by atoms with Crippen LogP contribution in [0.25, 0.3) is 44.5 Å². The van der Waals surface area contributed by atoms with Crippen LogP contribution in [0.1, 0.15) is 24.6 Å². The second-order valence-corrected chi connectivity index (χ2v) is 12.7. The third-order valence-corrected chi connectivity index (χ3v) is 9.82. The fourth-order valence-corrected chi connectivity index (χ4v) is 7.45. The average Bonchev–Trinajstić information content (AvgIpc) is 3.75. The van der Waals surface area contributed by atoms with Gasteiger partial charge in [0.2, 0.25) is 5.91 Å². The van der Waals surface area contributed by atoms with E-state index in [0.29, 0.717) is 12.4 Å². The Bertz CT molecular complexity index is 2090. The van der Waals surface area contributed by atoms with Crippen molar-refractivity contribution < 1.29 is 9.18 Å². The van der Waals surface area contributed by atoms with Crippen LogP contribution >= 0.6 is 0 Å². The summed E-state index contributed by atoms with van der Waals surface area (Å²) in [4.78, 5) is 42.2. The Hall–Kier alpha value is -5.36. The highest BCUT2D eigenvalue weighted by Crippen LogP contribution is 2.36. The minimum atomic E-state index is -0.450. The number of piperidine rings is 1. The molecule has 11 nitrogen and oxygen atoms in total. The number of aromatic amines is 1. The van der Waals surface area contributed by atoms with Crippen molar-refractivity contribution in [2.45, 2.75) is 30.8 Å². The summed E-state index contributed by atoms with van der Waals surface area (Å²) < 4.78 is 13.2. The van der Waals surface area contributed by atoms with E-state index in [1.807, 2.05) is 30.5 Å². The van der Waals surface area contributed by atoms with E-state index in [9.17, 15) is 9.18 Å². The van der Waals surface area contributed by atoms with Crippen molar-refractivity contribution >= 4 is 33.4 Å². The van der Waals surface area contributed by atoms with Crippen LogP contribution < -0.4 is 4.90 Å². The molecule has 234 valence electrons. The maximum atomic E-state index is 13.5. The van der Waals surface area contributed by atoms with Gasteiger partial charge in [-0.3, -0.25) is 19.8 Å². The van der Waals surface area contributed by atoms with Gasteiger partial charge in [-0.15, -0.1) is 0 Å². The van der Waals surface area contributed by atoms with E-state index in [1.54, 1.807) is 12.4 Å². The SMILES string of the molecule is O=C(CN1CC[C@@H](c2ncc3cc4[nH]nc(-c5ccncc5)c4cc3n2)C1)N1[C@@H]2C[C@@H]1CN(c1ccc(-c3ncc(F)cn3)cc1)C2. The maximum Gasteiger partial charge on any atom is 0.237 e. The van der Waals surface area contributed by atoms with Crippen molar-refractivity contribution in [2.24, 2.45) is 0 Å². The van der Waals surface area contributed by atoms with Gasteiger partial charge in [0.05, 0.1) is 42.1 Å². The predicted molar refractivity (Wildman–Crippen MR) is 175 cm³/mol. The molecule has 2 bridgehead atoms. The number of amides is 1. The number of carbonyl (C=O) groups excluding carboxylic acids is 1. The van der Waals surface area contributed by atoms with Gasteiger partial charge in [0.1, 0.15) is 11.5 Å². The fraction of sp³-hybridized carbons (Fsp3) is 0.286. The highest BCUT2D eigenvalue weighted by molar-refractivity contribution is 6.01. The molecule has 4 aromatic heterocycles. The molecule has 3 atom stereocenters. The monoisotopic (exact) mass is 626 g/mol. The molecular formula is C35H31FN10O. The van der Waals surface area contributed by atoms with Gasteiger partial charge in [-0.05, 0) is 67.9 Å². The molecule has 0 unspecified atom stereocenters. The number of piperazine rings is 1. The van der Waals surface area contributed by atoms with Gasteiger partial charge in [0, 0.05) is 71.7 Å². The summed E-state index contributed by atoms with van der Waals surface area (Å²) in [7, 11) is 0. The lowest BCUT2D eigenvalue weighted by Gasteiger charge is -2.57. The molecule has 6 aromatic rings. The third-order valence-electron chi connectivity index (χ3n) is 9.82. The Kier molecular flexibility index (Phi) is 6.63. The summed E-state index contributed by atoms with van der Waals surface area (Å²) in [6.07, 6.45) is 9.76. The standard InChI is InChI=1S/C35H31FN10O/c36-25-15-39-34(40-16-25)22-1-3-26(4-2-22)45-18-27-12-28(19-45)46(27)32(47)20-44-10-7-23(17-44)35-38-14-24-11-31-29(13-30(24)41-35)33(43-42-31)21-5-8-37-9-6-21/h1-6,8-9,11,13-16,23,27-28H,7,10,12,17-20H2,(H,42,43)/t23-,27-,28-/m1/s1. The Morgan fingerprint density at radius 3 is 2.49 bits per heavy atom. The summed E-state index contributed by atoms with van der Waals surface area (Å²) in [6.45, 7) is 3.68. The minimum Gasteiger partial charge on any atom is -0.367 e.